The first-order chi connectivity index (χ1) is 13.4. The number of carbonyl (C=O) groups is 3. The van der Waals surface area contributed by atoms with Gasteiger partial charge in [0.2, 0.25) is 11.7 Å². The molecule has 1 atom stereocenters. The Morgan fingerprint density at radius 3 is 2.64 bits per heavy atom. The highest BCUT2D eigenvalue weighted by Crippen LogP contribution is 2.29. The summed E-state index contributed by atoms with van der Waals surface area (Å²) in [5.41, 5.74) is 3.41. The molecule has 0 aromatic heterocycles. The molecule has 1 aliphatic heterocycles. The van der Waals surface area contributed by atoms with Gasteiger partial charge in [-0.3, -0.25) is 14.4 Å². The summed E-state index contributed by atoms with van der Waals surface area (Å²) in [5.74, 6) is -0.511. The van der Waals surface area contributed by atoms with Crippen LogP contribution in [0, 0.1) is 6.92 Å². The van der Waals surface area contributed by atoms with Crippen LogP contribution in [0.2, 0.25) is 0 Å². The number of hydrogen-bond donors (Lipinski definition) is 0. The number of ketones is 1. The number of nitrogens with zero attached hydrogens (tertiary/aromatic N) is 1. The molecule has 6 heteroatoms. The molecular weight excluding hydrogens is 374 g/mol. The van der Waals surface area contributed by atoms with Crippen LogP contribution in [0.1, 0.15) is 35.3 Å². The van der Waals surface area contributed by atoms with Crippen molar-refractivity contribution < 1.29 is 19.1 Å². The number of aryl methyl sites for hydroxylation is 1. The molecule has 0 unspecified atom stereocenters. The van der Waals surface area contributed by atoms with Crippen molar-refractivity contribution in [3.8, 4) is 0 Å². The number of fused-ring (bicyclic) bond motifs is 1. The van der Waals surface area contributed by atoms with Crippen LogP contribution in [0.3, 0.4) is 0 Å². The zero-order valence-electron chi connectivity index (χ0n) is 16.2. The van der Waals surface area contributed by atoms with Gasteiger partial charge in [-0.25, -0.2) is 0 Å². The first-order valence-corrected chi connectivity index (χ1v) is 10.2. The fourth-order valence-electron chi connectivity index (χ4n) is 3.26. The lowest BCUT2D eigenvalue weighted by Crippen LogP contribution is -2.26. The molecule has 0 aliphatic carbocycles. The summed E-state index contributed by atoms with van der Waals surface area (Å²) in [6.45, 7) is 5.74. The van der Waals surface area contributed by atoms with E-state index < -0.39 is 12.1 Å². The van der Waals surface area contributed by atoms with Crippen molar-refractivity contribution in [2.24, 2.45) is 0 Å². The third-order valence-electron chi connectivity index (χ3n) is 4.76. The molecule has 0 N–H and O–H groups in total. The second-order valence-corrected chi connectivity index (χ2v) is 7.83. The van der Waals surface area contributed by atoms with Gasteiger partial charge >= 0.3 is 5.97 Å². The molecule has 2 aromatic carbocycles. The van der Waals surface area contributed by atoms with E-state index in [1.165, 1.54) is 18.7 Å². The van der Waals surface area contributed by atoms with Crippen molar-refractivity contribution in [1.29, 1.82) is 0 Å². The quantitative estimate of drug-likeness (QED) is 0.421. The molecule has 0 saturated heterocycles. The molecule has 1 heterocycles. The third kappa shape index (κ3) is 4.44. The minimum atomic E-state index is -0.853. The van der Waals surface area contributed by atoms with E-state index in [2.05, 4.69) is 0 Å². The molecule has 0 radical (unpaired) electrons. The molecule has 146 valence electrons. The fourth-order valence-corrected chi connectivity index (χ4v) is 4.07. The van der Waals surface area contributed by atoms with Crippen LogP contribution in [-0.4, -0.2) is 36.1 Å². The summed E-state index contributed by atoms with van der Waals surface area (Å²) in [7, 11) is 0. The lowest BCUT2D eigenvalue weighted by Gasteiger charge is -2.16. The summed E-state index contributed by atoms with van der Waals surface area (Å²) in [5, 5.41) is 0. The van der Waals surface area contributed by atoms with Crippen molar-refractivity contribution >= 4 is 35.1 Å². The van der Waals surface area contributed by atoms with Crippen molar-refractivity contribution in [2.45, 2.75) is 38.2 Å². The van der Waals surface area contributed by atoms with Gasteiger partial charge in [-0.15, -0.1) is 11.8 Å². The summed E-state index contributed by atoms with van der Waals surface area (Å²) >= 11 is 1.40. The summed E-state index contributed by atoms with van der Waals surface area (Å²) in [6.07, 6.45) is -0.134. The smallest absolute Gasteiger partial charge is 0.316 e. The molecule has 0 fully saturated rings. The van der Waals surface area contributed by atoms with E-state index in [0.29, 0.717) is 12.1 Å². The maximum Gasteiger partial charge on any atom is 0.316 e. The van der Waals surface area contributed by atoms with E-state index in [9.17, 15) is 14.4 Å². The SMILES string of the molecule is CC(=O)N1CCc2cc(C(=O)[C@H](C)OC(=O)CSc3ccccc3C)ccc21. The molecule has 1 amide bonds. The minimum absolute atomic E-state index is 0.00808. The Labute approximate surface area is 169 Å². The zero-order valence-corrected chi connectivity index (χ0v) is 17.0. The van der Waals surface area contributed by atoms with E-state index in [0.717, 1.165) is 28.1 Å². The first-order valence-electron chi connectivity index (χ1n) is 9.20. The number of rotatable bonds is 6. The number of thioether (sulfide) groups is 1. The summed E-state index contributed by atoms with van der Waals surface area (Å²) in [4.78, 5) is 39.2. The topological polar surface area (TPSA) is 63.7 Å². The van der Waals surface area contributed by atoms with Gasteiger partial charge in [0.05, 0.1) is 5.75 Å². The fraction of sp³-hybridized carbons (Fsp3) is 0.318. The minimum Gasteiger partial charge on any atom is -0.454 e. The maximum atomic E-state index is 12.7. The van der Waals surface area contributed by atoms with Crippen LogP contribution < -0.4 is 4.90 Å². The van der Waals surface area contributed by atoms with Crippen molar-refractivity contribution in [2.75, 3.05) is 17.2 Å². The van der Waals surface area contributed by atoms with Crippen molar-refractivity contribution in [1.82, 2.24) is 0 Å². The van der Waals surface area contributed by atoms with Crippen LogP contribution in [-0.2, 0) is 20.7 Å². The molecule has 0 bridgehead atoms. The molecule has 3 rings (SSSR count). The van der Waals surface area contributed by atoms with Gasteiger partial charge < -0.3 is 9.64 Å². The molecule has 28 heavy (non-hydrogen) atoms. The summed E-state index contributed by atoms with van der Waals surface area (Å²) in [6, 6.07) is 13.1. The normalized spacial score (nSPS) is 13.8. The highest BCUT2D eigenvalue weighted by atomic mass is 32.2. The average Bonchev–Trinajstić information content (AvgIpc) is 3.10. The Hall–Kier alpha value is -2.60. The van der Waals surface area contributed by atoms with Gasteiger partial charge in [-0.2, -0.15) is 0 Å². The number of benzene rings is 2. The largest absolute Gasteiger partial charge is 0.454 e. The van der Waals surface area contributed by atoms with Gasteiger partial charge in [-0.05, 0) is 55.7 Å². The van der Waals surface area contributed by atoms with Crippen LogP contribution >= 0.6 is 11.8 Å². The zero-order chi connectivity index (χ0) is 20.3. The Morgan fingerprint density at radius 1 is 1.18 bits per heavy atom. The Kier molecular flexibility index (Phi) is 6.19. The van der Waals surface area contributed by atoms with Crippen LogP contribution in [0.25, 0.3) is 0 Å². The molecular formula is C22H23NO4S. The molecule has 2 aromatic rings. The van der Waals surface area contributed by atoms with E-state index >= 15 is 0 Å². The van der Waals surface area contributed by atoms with Gasteiger partial charge in [0.25, 0.3) is 0 Å². The van der Waals surface area contributed by atoms with Crippen molar-refractivity contribution in [3.63, 3.8) is 0 Å². The van der Waals surface area contributed by atoms with Gasteiger partial charge in [0.1, 0.15) is 0 Å². The highest BCUT2D eigenvalue weighted by molar-refractivity contribution is 8.00. The Bertz CT molecular complexity index is 925. The van der Waals surface area contributed by atoms with Gasteiger partial charge in [0, 0.05) is 29.6 Å². The van der Waals surface area contributed by atoms with Crippen LogP contribution in [0.5, 0.6) is 0 Å². The first kappa shape index (κ1) is 20.1. The Morgan fingerprint density at radius 2 is 1.93 bits per heavy atom. The number of hydrogen-bond acceptors (Lipinski definition) is 5. The number of ether oxygens (including phenoxy) is 1. The number of Topliss-reactive ketones (excluding diaryl/α,β-unsaturated/α-hetero) is 1. The molecule has 1 aliphatic rings. The predicted octanol–water partition coefficient (Wildman–Crippen LogP) is 3.81. The van der Waals surface area contributed by atoms with E-state index in [1.54, 1.807) is 30.0 Å². The van der Waals surface area contributed by atoms with Gasteiger partial charge in [0.15, 0.2) is 6.10 Å². The standard InChI is InChI=1S/C22H23NO4S/c1-14-6-4-5-7-20(14)28-13-21(25)27-15(2)22(26)18-8-9-19-17(12-18)10-11-23(19)16(3)24/h4-9,12,15H,10-11,13H2,1-3H3/t15-/m0/s1. The molecule has 0 saturated carbocycles. The summed E-state index contributed by atoms with van der Waals surface area (Å²) < 4.78 is 5.33. The highest BCUT2D eigenvalue weighted by Gasteiger charge is 2.25. The van der Waals surface area contributed by atoms with Gasteiger partial charge in [-0.1, -0.05) is 18.2 Å². The third-order valence-corrected chi connectivity index (χ3v) is 5.91. The molecule has 0 spiro atoms. The lowest BCUT2D eigenvalue weighted by atomic mass is 10.0. The van der Waals surface area contributed by atoms with Crippen LogP contribution in [0.15, 0.2) is 47.4 Å². The Balaban J connectivity index is 1.59. The van der Waals surface area contributed by atoms with Crippen molar-refractivity contribution in [3.05, 3.63) is 59.2 Å². The van der Waals surface area contributed by atoms with Crippen LogP contribution in [0.4, 0.5) is 5.69 Å². The number of carbonyl (C=O) groups excluding carboxylic acids is 3. The lowest BCUT2D eigenvalue weighted by molar-refractivity contribution is -0.143. The second-order valence-electron chi connectivity index (χ2n) is 6.81. The monoisotopic (exact) mass is 397 g/mol. The number of esters is 1. The predicted molar refractivity (Wildman–Crippen MR) is 110 cm³/mol. The van der Waals surface area contributed by atoms with E-state index in [-0.39, 0.29) is 17.4 Å². The van der Waals surface area contributed by atoms with E-state index in [4.69, 9.17) is 4.74 Å². The second kappa shape index (κ2) is 8.61. The molecule has 5 nitrogen and oxygen atoms in total. The van der Waals surface area contributed by atoms with E-state index in [1.807, 2.05) is 31.2 Å². The number of amides is 1. The maximum absolute atomic E-state index is 12.7. The number of anilines is 1. The average molecular weight is 397 g/mol.